The summed E-state index contributed by atoms with van der Waals surface area (Å²) in [5.41, 5.74) is 0.543. The van der Waals surface area contributed by atoms with Gasteiger partial charge in [-0.2, -0.15) is 0 Å². The van der Waals surface area contributed by atoms with Gasteiger partial charge in [-0.15, -0.1) is 10.2 Å². The molecule has 0 aliphatic carbocycles. The van der Waals surface area contributed by atoms with Crippen LogP contribution in [0.15, 0.2) is 28.2 Å². The number of nitrogens with one attached hydrogen (secondary N) is 1. The fourth-order valence-electron chi connectivity index (χ4n) is 2.83. The molecule has 1 atom stereocenters. The Balaban J connectivity index is 2.06. The van der Waals surface area contributed by atoms with Gasteiger partial charge in [0.25, 0.3) is 5.56 Å². The van der Waals surface area contributed by atoms with Crippen LogP contribution >= 0.6 is 23.4 Å². The van der Waals surface area contributed by atoms with Crippen molar-refractivity contribution < 1.29 is 4.79 Å². The van der Waals surface area contributed by atoms with E-state index in [9.17, 15) is 9.59 Å². The molecule has 0 saturated carbocycles. The highest BCUT2D eigenvalue weighted by Gasteiger charge is 2.18. The minimum Gasteiger partial charge on any atom is -0.353 e. The third kappa shape index (κ3) is 3.96. The molecule has 2 heterocycles. The second-order valence-electron chi connectivity index (χ2n) is 6.40. The van der Waals surface area contributed by atoms with E-state index in [0.717, 1.165) is 12.8 Å². The number of amides is 1. The summed E-state index contributed by atoms with van der Waals surface area (Å²) in [6.07, 6.45) is 1.66. The number of halogens is 1. The highest BCUT2D eigenvalue weighted by atomic mass is 35.5. The predicted octanol–water partition coefficient (Wildman–Crippen LogP) is 3.11. The largest absolute Gasteiger partial charge is 0.353 e. The molecule has 27 heavy (non-hydrogen) atoms. The van der Waals surface area contributed by atoms with Crippen LogP contribution in [-0.4, -0.2) is 36.9 Å². The number of nitrogens with zero attached hydrogens (tertiary/aromatic N) is 4. The SMILES string of the molecule is CCCn1c(=O)c2cc(Cl)ccc2n2c(SCC(=O)N[C@@H](C)CC)nnc12. The fourth-order valence-corrected chi connectivity index (χ4v) is 3.75. The van der Waals surface area contributed by atoms with Crippen molar-refractivity contribution in [2.45, 2.75) is 51.4 Å². The van der Waals surface area contributed by atoms with Crippen molar-refractivity contribution in [2.24, 2.45) is 0 Å². The molecule has 0 saturated heterocycles. The van der Waals surface area contributed by atoms with Crippen LogP contribution in [0.3, 0.4) is 0 Å². The first kappa shape index (κ1) is 19.7. The van der Waals surface area contributed by atoms with Crippen LogP contribution in [0.5, 0.6) is 0 Å². The van der Waals surface area contributed by atoms with Crippen LogP contribution < -0.4 is 10.9 Å². The lowest BCUT2D eigenvalue weighted by Crippen LogP contribution is -2.33. The van der Waals surface area contributed by atoms with Crippen LogP contribution in [0, 0.1) is 0 Å². The minimum atomic E-state index is -0.139. The third-order valence-corrected chi connectivity index (χ3v) is 5.50. The summed E-state index contributed by atoms with van der Waals surface area (Å²) < 4.78 is 3.43. The van der Waals surface area contributed by atoms with Crippen molar-refractivity contribution >= 4 is 46.0 Å². The Labute approximate surface area is 166 Å². The molecule has 7 nitrogen and oxygen atoms in total. The zero-order chi connectivity index (χ0) is 19.6. The van der Waals surface area contributed by atoms with Gasteiger partial charge in [-0.25, -0.2) is 0 Å². The quantitative estimate of drug-likeness (QED) is 0.608. The standard InChI is InChI=1S/C18H22ClN5O2S/c1-4-8-23-16(26)13-9-12(19)6-7-14(13)24-17(23)21-22-18(24)27-10-15(25)20-11(3)5-2/h6-7,9,11H,4-5,8,10H2,1-3H3,(H,20,25)/t11-/m0/s1. The maximum absolute atomic E-state index is 12.9. The predicted molar refractivity (Wildman–Crippen MR) is 109 cm³/mol. The Morgan fingerprint density at radius 2 is 2.11 bits per heavy atom. The van der Waals surface area contributed by atoms with Gasteiger partial charge in [-0.3, -0.25) is 18.6 Å². The molecule has 144 valence electrons. The van der Waals surface area contributed by atoms with Gasteiger partial charge in [0.2, 0.25) is 11.7 Å². The Kier molecular flexibility index (Phi) is 6.06. The smallest absolute Gasteiger partial charge is 0.262 e. The van der Waals surface area contributed by atoms with Gasteiger partial charge in [0, 0.05) is 17.6 Å². The first-order chi connectivity index (χ1) is 13.0. The number of rotatable bonds is 7. The lowest BCUT2D eigenvalue weighted by molar-refractivity contribution is -0.119. The maximum atomic E-state index is 12.9. The van der Waals surface area contributed by atoms with Gasteiger partial charge in [0.05, 0.1) is 16.7 Å². The summed E-state index contributed by atoms with van der Waals surface area (Å²) in [7, 11) is 0. The summed E-state index contributed by atoms with van der Waals surface area (Å²) in [5, 5.41) is 13.0. The van der Waals surface area contributed by atoms with Gasteiger partial charge < -0.3 is 5.32 Å². The van der Waals surface area contributed by atoms with Crippen LogP contribution in [0.25, 0.3) is 16.7 Å². The second kappa shape index (κ2) is 8.31. The summed E-state index contributed by atoms with van der Waals surface area (Å²) in [5.74, 6) is 0.648. The molecule has 2 aromatic heterocycles. The van der Waals surface area contributed by atoms with Crippen molar-refractivity contribution in [2.75, 3.05) is 5.75 Å². The summed E-state index contributed by atoms with van der Waals surface area (Å²) in [4.78, 5) is 25.0. The van der Waals surface area contributed by atoms with Crippen molar-refractivity contribution in [3.05, 3.63) is 33.6 Å². The van der Waals surface area contributed by atoms with E-state index in [-0.39, 0.29) is 23.3 Å². The van der Waals surface area contributed by atoms with Crippen LogP contribution in [-0.2, 0) is 11.3 Å². The van der Waals surface area contributed by atoms with E-state index in [0.29, 0.717) is 33.4 Å². The zero-order valence-electron chi connectivity index (χ0n) is 15.5. The lowest BCUT2D eigenvalue weighted by Gasteiger charge is -2.12. The van der Waals surface area contributed by atoms with Crippen molar-refractivity contribution in [3.8, 4) is 0 Å². The summed E-state index contributed by atoms with van der Waals surface area (Å²) in [6.45, 7) is 6.52. The van der Waals surface area contributed by atoms with Crippen molar-refractivity contribution in [1.29, 1.82) is 0 Å². The molecule has 0 unspecified atom stereocenters. The Morgan fingerprint density at radius 1 is 1.33 bits per heavy atom. The van der Waals surface area contributed by atoms with Crippen molar-refractivity contribution in [1.82, 2.24) is 24.5 Å². The number of aromatic nitrogens is 4. The monoisotopic (exact) mass is 407 g/mol. The number of carbonyl (C=O) groups is 1. The fraction of sp³-hybridized carbons (Fsp3) is 0.444. The van der Waals surface area contributed by atoms with E-state index < -0.39 is 0 Å². The molecule has 0 fully saturated rings. The van der Waals surface area contributed by atoms with E-state index in [1.54, 1.807) is 22.8 Å². The topological polar surface area (TPSA) is 81.3 Å². The van der Waals surface area contributed by atoms with E-state index >= 15 is 0 Å². The number of carbonyl (C=O) groups excluding carboxylic acids is 1. The molecule has 3 aromatic rings. The normalized spacial score (nSPS) is 12.6. The lowest BCUT2D eigenvalue weighted by atomic mass is 10.2. The van der Waals surface area contributed by atoms with Crippen LogP contribution in [0.4, 0.5) is 0 Å². The molecule has 3 rings (SSSR count). The number of fused-ring (bicyclic) bond motifs is 3. The van der Waals surface area contributed by atoms with E-state index in [1.165, 1.54) is 11.8 Å². The average Bonchev–Trinajstić information content (AvgIpc) is 3.07. The van der Waals surface area contributed by atoms with Gasteiger partial charge in [0.1, 0.15) is 0 Å². The Morgan fingerprint density at radius 3 is 2.81 bits per heavy atom. The first-order valence-corrected chi connectivity index (χ1v) is 10.3. The molecule has 0 spiro atoms. The van der Waals surface area contributed by atoms with Gasteiger partial charge >= 0.3 is 0 Å². The van der Waals surface area contributed by atoms with E-state index in [1.807, 2.05) is 25.2 Å². The molecule has 9 heteroatoms. The average molecular weight is 408 g/mol. The van der Waals surface area contributed by atoms with Gasteiger partial charge in [-0.1, -0.05) is 37.2 Å². The number of aryl methyl sites for hydroxylation is 1. The minimum absolute atomic E-state index is 0.0553. The van der Waals surface area contributed by atoms with Crippen molar-refractivity contribution in [3.63, 3.8) is 0 Å². The van der Waals surface area contributed by atoms with Crippen LogP contribution in [0.1, 0.15) is 33.6 Å². The number of hydrogen-bond acceptors (Lipinski definition) is 5. The van der Waals surface area contributed by atoms with E-state index in [4.69, 9.17) is 11.6 Å². The maximum Gasteiger partial charge on any atom is 0.262 e. The number of hydrogen-bond donors (Lipinski definition) is 1. The Bertz CT molecular complexity index is 1050. The van der Waals surface area contributed by atoms with Gasteiger partial charge in [-0.05, 0) is 38.0 Å². The Hall–Kier alpha value is -2.06. The molecule has 0 aliphatic rings. The first-order valence-electron chi connectivity index (χ1n) is 8.95. The second-order valence-corrected chi connectivity index (χ2v) is 7.78. The highest BCUT2D eigenvalue weighted by molar-refractivity contribution is 7.99. The molecule has 0 aliphatic heterocycles. The highest BCUT2D eigenvalue weighted by Crippen LogP contribution is 2.23. The summed E-state index contributed by atoms with van der Waals surface area (Å²) in [6, 6.07) is 5.31. The molecule has 1 aromatic carbocycles. The van der Waals surface area contributed by atoms with Crippen LogP contribution in [0.2, 0.25) is 5.02 Å². The molecule has 0 bridgehead atoms. The number of benzene rings is 1. The third-order valence-electron chi connectivity index (χ3n) is 4.33. The molecule has 1 amide bonds. The van der Waals surface area contributed by atoms with E-state index in [2.05, 4.69) is 15.5 Å². The zero-order valence-corrected chi connectivity index (χ0v) is 17.1. The molecule has 0 radical (unpaired) electrons. The summed E-state index contributed by atoms with van der Waals surface area (Å²) >= 11 is 7.40. The van der Waals surface area contributed by atoms with Gasteiger partial charge in [0.15, 0.2) is 5.16 Å². The molecule has 1 N–H and O–H groups in total. The molecular formula is C18H22ClN5O2S. The molecular weight excluding hydrogens is 386 g/mol. The number of thioether (sulfide) groups is 1.